The summed E-state index contributed by atoms with van der Waals surface area (Å²) < 4.78 is 4.14. The molecule has 1 aliphatic heterocycles. The molecule has 0 aromatic carbocycles. The minimum absolute atomic E-state index is 0.127. The first-order valence-electron chi connectivity index (χ1n) is 10.3. The van der Waals surface area contributed by atoms with Crippen molar-refractivity contribution in [1.82, 2.24) is 24.0 Å². The zero-order chi connectivity index (χ0) is 19.1. The highest BCUT2D eigenvalue weighted by Crippen LogP contribution is 2.31. The van der Waals surface area contributed by atoms with Crippen LogP contribution >= 0.6 is 0 Å². The maximum Gasteiger partial charge on any atom is 0.256 e. The van der Waals surface area contributed by atoms with Crippen molar-refractivity contribution in [3.63, 3.8) is 0 Å². The zero-order valence-corrected chi connectivity index (χ0v) is 16.4. The zero-order valence-electron chi connectivity index (χ0n) is 16.4. The Morgan fingerprint density at radius 1 is 1.11 bits per heavy atom. The van der Waals surface area contributed by atoms with Crippen LogP contribution in [-0.4, -0.2) is 63.1 Å². The molecule has 2 aliphatic rings. The van der Waals surface area contributed by atoms with Crippen LogP contribution in [0.5, 0.6) is 0 Å². The molecule has 5 rings (SSSR count). The molecule has 6 heteroatoms. The number of likely N-dealkylation sites (N-methyl/N-ethyl adjacent to an activating group) is 1. The lowest BCUT2D eigenvalue weighted by Crippen LogP contribution is -2.34. The molecule has 3 aromatic heterocycles. The molecule has 2 fully saturated rings. The van der Waals surface area contributed by atoms with Crippen LogP contribution in [0.25, 0.3) is 16.9 Å². The fourth-order valence-electron chi connectivity index (χ4n) is 4.11. The first-order chi connectivity index (χ1) is 13.7. The van der Waals surface area contributed by atoms with E-state index in [4.69, 9.17) is 5.10 Å². The summed E-state index contributed by atoms with van der Waals surface area (Å²) in [4.78, 5) is 17.6. The summed E-state index contributed by atoms with van der Waals surface area (Å²) in [5, 5.41) is 4.79. The summed E-state index contributed by atoms with van der Waals surface area (Å²) >= 11 is 0. The average molecular weight is 377 g/mol. The maximum atomic E-state index is 13.3. The summed E-state index contributed by atoms with van der Waals surface area (Å²) in [6, 6.07) is 10.1. The molecule has 0 bridgehead atoms. The second-order valence-electron chi connectivity index (χ2n) is 8.21. The van der Waals surface area contributed by atoms with Crippen LogP contribution in [0.3, 0.4) is 0 Å². The highest BCUT2D eigenvalue weighted by molar-refractivity contribution is 6.02. The van der Waals surface area contributed by atoms with Gasteiger partial charge in [0.05, 0.1) is 16.8 Å². The summed E-state index contributed by atoms with van der Waals surface area (Å²) in [5.74, 6) is 0.915. The van der Waals surface area contributed by atoms with Crippen molar-refractivity contribution in [2.45, 2.75) is 25.8 Å². The Balaban J connectivity index is 1.49. The second-order valence-corrected chi connectivity index (χ2v) is 8.21. The van der Waals surface area contributed by atoms with Crippen LogP contribution in [-0.2, 0) is 6.54 Å². The Kier molecular flexibility index (Phi) is 4.43. The molecule has 4 heterocycles. The molecule has 0 radical (unpaired) electrons. The molecule has 0 unspecified atom stereocenters. The number of pyridine rings is 1. The molecule has 28 heavy (non-hydrogen) atoms. The monoisotopic (exact) mass is 377 g/mol. The van der Waals surface area contributed by atoms with E-state index in [0.29, 0.717) is 0 Å². The predicted octanol–water partition coefficient (Wildman–Crippen LogP) is 2.99. The number of hydrogen-bond acceptors (Lipinski definition) is 3. The Bertz CT molecular complexity index is 999. The highest BCUT2D eigenvalue weighted by atomic mass is 16.2. The van der Waals surface area contributed by atoms with Gasteiger partial charge in [-0.1, -0.05) is 6.07 Å². The lowest BCUT2D eigenvalue weighted by molar-refractivity contribution is 0.0765. The van der Waals surface area contributed by atoms with Crippen molar-refractivity contribution in [3.8, 4) is 11.4 Å². The second kappa shape index (κ2) is 7.09. The van der Waals surface area contributed by atoms with Crippen LogP contribution in [0, 0.1) is 5.92 Å². The topological polar surface area (TPSA) is 45.8 Å². The van der Waals surface area contributed by atoms with Crippen LogP contribution in [0.1, 0.15) is 29.6 Å². The van der Waals surface area contributed by atoms with Gasteiger partial charge in [-0.25, -0.2) is 0 Å². The van der Waals surface area contributed by atoms with Gasteiger partial charge in [0.2, 0.25) is 0 Å². The molecule has 0 atom stereocenters. The number of aromatic nitrogens is 3. The van der Waals surface area contributed by atoms with Crippen LogP contribution in [0.4, 0.5) is 0 Å². The summed E-state index contributed by atoms with van der Waals surface area (Å²) in [7, 11) is 2.12. The fourth-order valence-corrected chi connectivity index (χ4v) is 4.11. The van der Waals surface area contributed by atoms with E-state index in [2.05, 4.69) is 28.6 Å². The quantitative estimate of drug-likeness (QED) is 0.702. The minimum atomic E-state index is 0.127. The maximum absolute atomic E-state index is 13.3. The first kappa shape index (κ1) is 17.5. The van der Waals surface area contributed by atoms with Crippen molar-refractivity contribution in [2.75, 3.05) is 33.2 Å². The van der Waals surface area contributed by atoms with Crippen LogP contribution in [0.2, 0.25) is 0 Å². The van der Waals surface area contributed by atoms with E-state index < -0.39 is 0 Å². The highest BCUT2D eigenvalue weighted by Gasteiger charge is 2.25. The van der Waals surface area contributed by atoms with E-state index in [9.17, 15) is 4.79 Å². The molecule has 1 aliphatic carbocycles. The summed E-state index contributed by atoms with van der Waals surface area (Å²) in [5.41, 5.74) is 3.64. The molecule has 1 saturated carbocycles. The molecule has 0 spiro atoms. The van der Waals surface area contributed by atoms with Crippen molar-refractivity contribution >= 4 is 11.4 Å². The normalized spacial score (nSPS) is 18.5. The lowest BCUT2D eigenvalue weighted by Gasteiger charge is -2.20. The van der Waals surface area contributed by atoms with Crippen molar-refractivity contribution in [1.29, 1.82) is 0 Å². The van der Waals surface area contributed by atoms with Gasteiger partial charge in [-0.2, -0.15) is 5.10 Å². The van der Waals surface area contributed by atoms with Gasteiger partial charge in [0.15, 0.2) is 0 Å². The third kappa shape index (κ3) is 3.33. The van der Waals surface area contributed by atoms with E-state index in [-0.39, 0.29) is 5.91 Å². The van der Waals surface area contributed by atoms with Gasteiger partial charge in [0.1, 0.15) is 5.69 Å². The SMILES string of the molecule is CN1CCCN(C(=O)c2cc(-c3ccn(CC4CC4)n3)n3ccccc23)CC1. The van der Waals surface area contributed by atoms with E-state index in [1.807, 2.05) is 40.0 Å². The van der Waals surface area contributed by atoms with Crippen molar-refractivity contribution in [2.24, 2.45) is 5.92 Å². The van der Waals surface area contributed by atoms with Gasteiger partial charge >= 0.3 is 0 Å². The molecule has 0 N–H and O–H groups in total. The van der Waals surface area contributed by atoms with Gasteiger partial charge in [-0.05, 0) is 63.0 Å². The van der Waals surface area contributed by atoms with Crippen molar-refractivity contribution in [3.05, 3.63) is 48.3 Å². The third-order valence-corrected chi connectivity index (χ3v) is 5.96. The fraction of sp³-hybridized carbons (Fsp3) is 0.455. The molecule has 146 valence electrons. The van der Waals surface area contributed by atoms with E-state index >= 15 is 0 Å². The van der Waals surface area contributed by atoms with Gasteiger partial charge in [0.25, 0.3) is 5.91 Å². The van der Waals surface area contributed by atoms with Crippen LogP contribution < -0.4 is 0 Å². The number of nitrogens with zero attached hydrogens (tertiary/aromatic N) is 5. The van der Waals surface area contributed by atoms with E-state index in [0.717, 1.165) is 67.5 Å². The van der Waals surface area contributed by atoms with Gasteiger partial charge in [-0.15, -0.1) is 0 Å². The standard InChI is InChI=1S/C22H27N5O/c1-24-9-4-10-25(14-13-24)22(28)18-15-21(27-11-3-2-5-20(18)27)19-8-12-26(23-19)16-17-6-7-17/h2-3,5,8,11-12,15,17H,4,6-7,9-10,13-14,16H2,1H3. The number of hydrogen-bond donors (Lipinski definition) is 0. The average Bonchev–Trinajstić information content (AvgIpc) is 3.33. The number of fused-ring (bicyclic) bond motifs is 1. The third-order valence-electron chi connectivity index (χ3n) is 5.96. The lowest BCUT2D eigenvalue weighted by atomic mass is 10.2. The Labute approximate surface area is 165 Å². The molecule has 1 amide bonds. The predicted molar refractivity (Wildman–Crippen MR) is 109 cm³/mol. The first-order valence-corrected chi connectivity index (χ1v) is 10.3. The minimum Gasteiger partial charge on any atom is -0.337 e. The molecular formula is C22H27N5O. The van der Waals surface area contributed by atoms with Gasteiger partial charge in [0, 0.05) is 38.6 Å². The Hall–Kier alpha value is -2.60. The van der Waals surface area contributed by atoms with Crippen LogP contribution in [0.15, 0.2) is 42.7 Å². The summed E-state index contributed by atoms with van der Waals surface area (Å²) in [6.07, 6.45) is 7.73. The van der Waals surface area contributed by atoms with Crippen molar-refractivity contribution < 1.29 is 4.79 Å². The number of carbonyl (C=O) groups excluding carboxylic acids is 1. The molecule has 3 aromatic rings. The van der Waals surface area contributed by atoms with E-state index in [1.54, 1.807) is 0 Å². The number of rotatable bonds is 4. The number of carbonyl (C=O) groups is 1. The molecule has 1 saturated heterocycles. The number of amides is 1. The van der Waals surface area contributed by atoms with Gasteiger partial charge in [-0.3, -0.25) is 9.48 Å². The summed E-state index contributed by atoms with van der Waals surface area (Å²) in [6.45, 7) is 4.57. The Morgan fingerprint density at radius 2 is 2.00 bits per heavy atom. The van der Waals surface area contributed by atoms with E-state index in [1.165, 1.54) is 12.8 Å². The molecule has 6 nitrogen and oxygen atoms in total. The Morgan fingerprint density at radius 3 is 2.86 bits per heavy atom. The van der Waals surface area contributed by atoms with Gasteiger partial charge < -0.3 is 14.2 Å². The smallest absolute Gasteiger partial charge is 0.256 e. The largest absolute Gasteiger partial charge is 0.337 e. The molecular weight excluding hydrogens is 350 g/mol.